The second kappa shape index (κ2) is 5.73. The van der Waals surface area contributed by atoms with Gasteiger partial charge in [0.05, 0.1) is 5.03 Å². The number of H-pyrrole nitrogens is 1. The third-order valence-corrected chi connectivity index (χ3v) is 4.57. The van der Waals surface area contributed by atoms with Gasteiger partial charge in [0.25, 0.3) is 0 Å². The molecule has 3 rings (SSSR count). The lowest BCUT2D eigenvalue weighted by Gasteiger charge is -2.13. The highest BCUT2D eigenvalue weighted by Gasteiger charge is 2.10. The van der Waals surface area contributed by atoms with Gasteiger partial charge in [-0.25, -0.2) is 0 Å². The first-order valence-corrected chi connectivity index (χ1v) is 7.74. The molecule has 0 saturated heterocycles. The molecule has 0 bridgehead atoms. The summed E-state index contributed by atoms with van der Waals surface area (Å²) in [4.78, 5) is 3.42. The predicted octanol–water partition coefficient (Wildman–Crippen LogP) is 4.27. The molecule has 2 aromatic carbocycles. The highest BCUT2D eigenvalue weighted by molar-refractivity contribution is 7.99. The van der Waals surface area contributed by atoms with Gasteiger partial charge in [-0.2, -0.15) is 0 Å². The molecule has 0 spiro atoms. The van der Waals surface area contributed by atoms with E-state index in [0.717, 1.165) is 5.75 Å². The van der Waals surface area contributed by atoms with E-state index < -0.39 is 0 Å². The SMILES string of the molecule is Cc1ccccc1C(N)CSc1cc2ccccc2[nH]1. The van der Waals surface area contributed by atoms with Crippen molar-refractivity contribution in [2.75, 3.05) is 5.75 Å². The van der Waals surface area contributed by atoms with Gasteiger partial charge in [0.15, 0.2) is 0 Å². The van der Waals surface area contributed by atoms with Crippen molar-refractivity contribution in [2.45, 2.75) is 18.0 Å². The Hall–Kier alpha value is -1.71. The van der Waals surface area contributed by atoms with Crippen LogP contribution in [0.4, 0.5) is 0 Å². The number of nitrogens with two attached hydrogens (primary N) is 1. The Morgan fingerprint density at radius 3 is 2.65 bits per heavy atom. The third kappa shape index (κ3) is 2.74. The van der Waals surface area contributed by atoms with Crippen LogP contribution in [-0.2, 0) is 0 Å². The van der Waals surface area contributed by atoms with Crippen molar-refractivity contribution in [3.63, 3.8) is 0 Å². The summed E-state index contributed by atoms with van der Waals surface area (Å²) in [7, 11) is 0. The molecule has 0 aliphatic rings. The molecule has 0 aliphatic heterocycles. The van der Waals surface area contributed by atoms with Crippen LogP contribution in [0.1, 0.15) is 17.2 Å². The van der Waals surface area contributed by atoms with Gasteiger partial charge in [-0.15, -0.1) is 11.8 Å². The van der Waals surface area contributed by atoms with Gasteiger partial charge in [-0.1, -0.05) is 42.5 Å². The zero-order valence-electron chi connectivity index (χ0n) is 11.5. The lowest BCUT2D eigenvalue weighted by Crippen LogP contribution is -2.14. The second-order valence-corrected chi connectivity index (χ2v) is 6.06. The number of thioether (sulfide) groups is 1. The third-order valence-electron chi connectivity index (χ3n) is 3.51. The van der Waals surface area contributed by atoms with Gasteiger partial charge in [-0.3, -0.25) is 0 Å². The van der Waals surface area contributed by atoms with Gasteiger partial charge in [0.2, 0.25) is 0 Å². The fourth-order valence-electron chi connectivity index (χ4n) is 2.40. The van der Waals surface area contributed by atoms with Crippen LogP contribution in [0.15, 0.2) is 59.6 Å². The van der Waals surface area contributed by atoms with E-state index in [9.17, 15) is 0 Å². The number of benzene rings is 2. The van der Waals surface area contributed by atoms with Crippen LogP contribution < -0.4 is 5.73 Å². The maximum Gasteiger partial charge on any atom is 0.0733 e. The second-order valence-electron chi connectivity index (χ2n) is 4.99. The van der Waals surface area contributed by atoms with Crippen molar-refractivity contribution in [1.82, 2.24) is 4.98 Å². The lowest BCUT2D eigenvalue weighted by atomic mass is 10.0. The van der Waals surface area contributed by atoms with Gasteiger partial charge >= 0.3 is 0 Å². The summed E-state index contributed by atoms with van der Waals surface area (Å²) in [6, 6.07) is 18.9. The standard InChI is InChI=1S/C17H18N2S/c1-12-6-2-4-8-14(12)15(18)11-20-17-10-13-7-3-5-9-16(13)19-17/h2-10,15,19H,11,18H2,1H3. The summed E-state index contributed by atoms with van der Waals surface area (Å²) >= 11 is 1.78. The Morgan fingerprint density at radius 2 is 1.85 bits per heavy atom. The average Bonchev–Trinajstić information content (AvgIpc) is 2.88. The van der Waals surface area contributed by atoms with Crippen molar-refractivity contribution >= 4 is 22.7 Å². The van der Waals surface area contributed by atoms with Crippen molar-refractivity contribution < 1.29 is 0 Å². The first kappa shape index (κ1) is 13.3. The van der Waals surface area contributed by atoms with Gasteiger partial charge in [0, 0.05) is 22.7 Å². The molecule has 3 heteroatoms. The van der Waals surface area contributed by atoms with Crippen LogP contribution in [0.25, 0.3) is 10.9 Å². The Morgan fingerprint density at radius 1 is 1.10 bits per heavy atom. The molecule has 1 heterocycles. The summed E-state index contributed by atoms with van der Waals surface area (Å²) in [5, 5.41) is 2.43. The minimum atomic E-state index is 0.0626. The molecule has 1 atom stereocenters. The summed E-state index contributed by atoms with van der Waals surface area (Å²) in [5.41, 5.74) is 9.98. The first-order valence-electron chi connectivity index (χ1n) is 6.76. The molecule has 1 unspecified atom stereocenters. The molecule has 20 heavy (non-hydrogen) atoms. The van der Waals surface area contributed by atoms with Crippen LogP contribution >= 0.6 is 11.8 Å². The number of hydrogen-bond donors (Lipinski definition) is 2. The number of para-hydroxylation sites is 1. The molecule has 3 N–H and O–H groups in total. The highest BCUT2D eigenvalue weighted by atomic mass is 32.2. The summed E-state index contributed by atoms with van der Waals surface area (Å²) in [6.07, 6.45) is 0. The predicted molar refractivity (Wildman–Crippen MR) is 87.1 cm³/mol. The molecule has 0 amide bonds. The topological polar surface area (TPSA) is 41.8 Å². The van der Waals surface area contributed by atoms with Gasteiger partial charge in [-0.05, 0) is 30.2 Å². The normalized spacial score (nSPS) is 12.7. The Balaban J connectivity index is 1.71. The van der Waals surface area contributed by atoms with Crippen molar-refractivity contribution in [2.24, 2.45) is 5.73 Å². The quantitative estimate of drug-likeness (QED) is 0.702. The monoisotopic (exact) mass is 282 g/mol. The average molecular weight is 282 g/mol. The van der Waals surface area contributed by atoms with Crippen LogP contribution in [0.2, 0.25) is 0 Å². The van der Waals surface area contributed by atoms with Crippen molar-refractivity contribution in [3.8, 4) is 0 Å². The van der Waals surface area contributed by atoms with E-state index >= 15 is 0 Å². The van der Waals surface area contributed by atoms with E-state index in [2.05, 4.69) is 60.4 Å². The number of aryl methyl sites for hydroxylation is 1. The first-order chi connectivity index (χ1) is 9.74. The largest absolute Gasteiger partial charge is 0.350 e. The van der Waals surface area contributed by atoms with Crippen molar-refractivity contribution in [1.29, 1.82) is 0 Å². The molecule has 0 aliphatic carbocycles. The Labute approximate surface area is 123 Å². The van der Waals surface area contributed by atoms with Crippen LogP contribution in [0.5, 0.6) is 0 Å². The fourth-order valence-corrected chi connectivity index (χ4v) is 3.33. The number of fused-ring (bicyclic) bond motifs is 1. The molecular weight excluding hydrogens is 264 g/mol. The number of nitrogens with one attached hydrogen (secondary N) is 1. The van der Waals surface area contributed by atoms with E-state index in [1.165, 1.54) is 27.1 Å². The van der Waals surface area contributed by atoms with E-state index in [-0.39, 0.29) is 6.04 Å². The minimum absolute atomic E-state index is 0.0626. The van der Waals surface area contributed by atoms with E-state index in [1.54, 1.807) is 11.8 Å². The molecule has 102 valence electrons. The maximum atomic E-state index is 6.30. The number of hydrogen-bond acceptors (Lipinski definition) is 2. The summed E-state index contributed by atoms with van der Waals surface area (Å²) in [6.45, 7) is 2.11. The van der Waals surface area contributed by atoms with Crippen LogP contribution in [0, 0.1) is 6.92 Å². The molecule has 1 aromatic heterocycles. The zero-order valence-corrected chi connectivity index (χ0v) is 12.3. The van der Waals surface area contributed by atoms with E-state index in [1.807, 2.05) is 6.07 Å². The number of aromatic nitrogens is 1. The Kier molecular flexibility index (Phi) is 3.81. The number of aromatic amines is 1. The molecule has 0 saturated carbocycles. The van der Waals surface area contributed by atoms with E-state index in [4.69, 9.17) is 5.73 Å². The van der Waals surface area contributed by atoms with Gasteiger partial charge in [0.1, 0.15) is 0 Å². The van der Waals surface area contributed by atoms with Crippen LogP contribution in [0.3, 0.4) is 0 Å². The summed E-state index contributed by atoms with van der Waals surface area (Å²) in [5.74, 6) is 0.873. The highest BCUT2D eigenvalue weighted by Crippen LogP contribution is 2.27. The fraction of sp³-hybridized carbons (Fsp3) is 0.176. The smallest absolute Gasteiger partial charge is 0.0733 e. The zero-order chi connectivity index (χ0) is 13.9. The minimum Gasteiger partial charge on any atom is -0.350 e. The van der Waals surface area contributed by atoms with Crippen LogP contribution in [-0.4, -0.2) is 10.7 Å². The maximum absolute atomic E-state index is 6.30. The molecule has 2 nitrogen and oxygen atoms in total. The Bertz CT molecular complexity index is 685. The van der Waals surface area contributed by atoms with Gasteiger partial charge < -0.3 is 10.7 Å². The van der Waals surface area contributed by atoms with Crippen molar-refractivity contribution in [3.05, 3.63) is 65.7 Å². The molecule has 0 radical (unpaired) electrons. The molecular formula is C17H18N2S. The lowest BCUT2D eigenvalue weighted by molar-refractivity contribution is 0.822. The van der Waals surface area contributed by atoms with E-state index in [0.29, 0.717) is 0 Å². The molecule has 3 aromatic rings. The summed E-state index contributed by atoms with van der Waals surface area (Å²) < 4.78 is 0. The molecule has 0 fully saturated rings. The number of rotatable bonds is 4.